The Morgan fingerprint density at radius 1 is 1.00 bits per heavy atom. The number of nitrogens with zero attached hydrogens (tertiary/aromatic N) is 1. The minimum Gasteiger partial charge on any atom is -0.494 e. The highest BCUT2D eigenvalue weighted by Crippen LogP contribution is 2.28. The fourth-order valence-electron chi connectivity index (χ4n) is 2.86. The summed E-state index contributed by atoms with van der Waals surface area (Å²) in [6, 6.07) is 17.8. The van der Waals surface area contributed by atoms with Gasteiger partial charge in [0.25, 0.3) is 10.0 Å². The largest absolute Gasteiger partial charge is 0.494 e. The fourth-order valence-corrected chi connectivity index (χ4v) is 3.65. The highest BCUT2D eigenvalue weighted by Gasteiger charge is 2.14. The van der Waals surface area contributed by atoms with E-state index in [0.717, 1.165) is 12.0 Å². The Morgan fingerprint density at radius 2 is 1.71 bits per heavy atom. The smallest absolute Gasteiger partial charge is 0.343 e. The maximum atomic E-state index is 12.5. The molecule has 178 valence electrons. The zero-order valence-electron chi connectivity index (χ0n) is 19.1. The van der Waals surface area contributed by atoms with Gasteiger partial charge in [0.1, 0.15) is 5.75 Å². The van der Waals surface area contributed by atoms with Crippen LogP contribution in [-0.2, 0) is 10.0 Å². The predicted octanol–water partition coefficient (Wildman–Crippen LogP) is 4.32. The second-order valence-corrected chi connectivity index (χ2v) is 9.00. The second kappa shape index (κ2) is 11.3. The van der Waals surface area contributed by atoms with Gasteiger partial charge in [-0.25, -0.2) is 9.63 Å². The lowest BCUT2D eigenvalue weighted by atomic mass is 10.2. The summed E-state index contributed by atoms with van der Waals surface area (Å²) in [7, 11) is -2.35. The highest BCUT2D eigenvalue weighted by atomic mass is 32.2. The van der Waals surface area contributed by atoms with Crippen molar-refractivity contribution in [3.05, 3.63) is 83.4 Å². The van der Waals surface area contributed by atoms with E-state index in [2.05, 4.69) is 9.93 Å². The Labute approximate surface area is 199 Å². The Morgan fingerprint density at radius 3 is 2.35 bits per heavy atom. The van der Waals surface area contributed by atoms with Gasteiger partial charge in [-0.1, -0.05) is 24.6 Å². The molecule has 0 unspecified atom stereocenters. The first-order valence-corrected chi connectivity index (χ1v) is 12.1. The van der Waals surface area contributed by atoms with Crippen molar-refractivity contribution in [2.75, 3.05) is 13.7 Å². The molecule has 0 radical (unpaired) electrons. The van der Waals surface area contributed by atoms with E-state index < -0.39 is 16.0 Å². The summed E-state index contributed by atoms with van der Waals surface area (Å²) < 4.78 is 40.9. The van der Waals surface area contributed by atoms with E-state index in [0.29, 0.717) is 29.2 Å². The van der Waals surface area contributed by atoms with Crippen LogP contribution in [-0.4, -0.2) is 34.3 Å². The average molecular weight is 483 g/mol. The van der Waals surface area contributed by atoms with Crippen LogP contribution in [0.4, 0.5) is 0 Å². The van der Waals surface area contributed by atoms with Crippen LogP contribution in [0.1, 0.15) is 34.8 Å². The van der Waals surface area contributed by atoms with E-state index >= 15 is 0 Å². The summed E-state index contributed by atoms with van der Waals surface area (Å²) in [5.74, 6) is 0.642. The van der Waals surface area contributed by atoms with E-state index in [1.807, 2.05) is 13.8 Å². The third-order valence-electron chi connectivity index (χ3n) is 4.67. The molecule has 0 amide bonds. The Balaban J connectivity index is 1.66. The molecule has 0 aliphatic rings. The van der Waals surface area contributed by atoms with Gasteiger partial charge < -0.3 is 14.2 Å². The quantitative estimate of drug-likeness (QED) is 0.200. The van der Waals surface area contributed by atoms with Gasteiger partial charge in [0.05, 0.1) is 30.4 Å². The molecule has 3 aromatic rings. The van der Waals surface area contributed by atoms with Crippen LogP contribution in [0.15, 0.2) is 76.7 Å². The molecule has 1 N–H and O–H groups in total. The van der Waals surface area contributed by atoms with Gasteiger partial charge in [0, 0.05) is 0 Å². The number of aryl methyl sites for hydroxylation is 1. The molecule has 0 spiro atoms. The third-order valence-corrected chi connectivity index (χ3v) is 5.91. The molecular formula is C25H26N2O6S. The van der Waals surface area contributed by atoms with Crippen LogP contribution in [0.2, 0.25) is 0 Å². The lowest BCUT2D eigenvalue weighted by Gasteiger charge is -2.10. The van der Waals surface area contributed by atoms with E-state index in [1.54, 1.807) is 54.6 Å². The number of sulfonamides is 1. The molecule has 3 rings (SSSR count). The molecule has 0 fully saturated rings. The number of carbonyl (C=O) groups is 1. The Hall–Kier alpha value is -3.85. The molecular weight excluding hydrogens is 456 g/mol. The first-order valence-electron chi connectivity index (χ1n) is 10.6. The molecule has 0 atom stereocenters. The normalized spacial score (nSPS) is 11.3. The molecule has 0 bridgehead atoms. The summed E-state index contributed by atoms with van der Waals surface area (Å²) in [6.07, 6.45) is 2.22. The molecule has 8 nitrogen and oxygen atoms in total. The first-order chi connectivity index (χ1) is 16.3. The molecule has 0 saturated carbocycles. The van der Waals surface area contributed by atoms with Crippen LogP contribution < -0.4 is 19.0 Å². The SMILES string of the molecule is CCCOc1ccc(C(=O)Oc2ccc(/C=N\NS(=O)(=O)c3ccc(C)cc3)cc2OC)cc1. The number of hydrazone groups is 1. The molecule has 0 saturated heterocycles. The van der Waals surface area contributed by atoms with E-state index in [-0.39, 0.29) is 10.6 Å². The second-order valence-electron chi connectivity index (χ2n) is 7.34. The van der Waals surface area contributed by atoms with Crippen LogP contribution in [0.5, 0.6) is 17.2 Å². The van der Waals surface area contributed by atoms with Crippen molar-refractivity contribution in [2.24, 2.45) is 5.10 Å². The number of esters is 1. The van der Waals surface area contributed by atoms with Crippen molar-refractivity contribution in [1.82, 2.24) is 4.83 Å². The summed E-state index contributed by atoms with van der Waals surface area (Å²) in [6.45, 7) is 4.49. The lowest BCUT2D eigenvalue weighted by molar-refractivity contribution is 0.0729. The van der Waals surface area contributed by atoms with Crippen molar-refractivity contribution in [2.45, 2.75) is 25.2 Å². The standard InChI is InChI=1S/C25H26N2O6S/c1-4-15-32-21-10-8-20(9-11-21)25(28)33-23-14-7-19(16-24(23)31-3)17-26-27-34(29,30)22-12-5-18(2)6-13-22/h5-14,16-17,27H,4,15H2,1-3H3/b26-17-. The number of rotatable bonds is 10. The average Bonchev–Trinajstić information content (AvgIpc) is 2.84. The monoisotopic (exact) mass is 482 g/mol. The molecule has 3 aromatic carbocycles. The molecule has 0 aromatic heterocycles. The van der Waals surface area contributed by atoms with Crippen molar-refractivity contribution >= 4 is 22.2 Å². The number of ether oxygens (including phenoxy) is 3. The lowest BCUT2D eigenvalue weighted by Crippen LogP contribution is -2.18. The van der Waals surface area contributed by atoms with Crippen LogP contribution in [0.25, 0.3) is 0 Å². The van der Waals surface area contributed by atoms with Crippen molar-refractivity contribution in [3.8, 4) is 17.2 Å². The number of carbonyl (C=O) groups excluding carboxylic acids is 1. The minimum atomic E-state index is -3.78. The minimum absolute atomic E-state index is 0.111. The highest BCUT2D eigenvalue weighted by molar-refractivity contribution is 7.89. The van der Waals surface area contributed by atoms with Crippen molar-refractivity contribution in [1.29, 1.82) is 0 Å². The summed E-state index contributed by atoms with van der Waals surface area (Å²) in [5.41, 5.74) is 1.86. The van der Waals surface area contributed by atoms with Gasteiger partial charge in [0.2, 0.25) is 0 Å². The van der Waals surface area contributed by atoms with Crippen LogP contribution >= 0.6 is 0 Å². The van der Waals surface area contributed by atoms with E-state index in [1.165, 1.54) is 25.5 Å². The van der Waals surface area contributed by atoms with Crippen LogP contribution in [0, 0.1) is 6.92 Å². The summed E-state index contributed by atoms with van der Waals surface area (Å²) in [4.78, 5) is 14.8. The van der Waals surface area contributed by atoms with Crippen molar-refractivity contribution in [3.63, 3.8) is 0 Å². The summed E-state index contributed by atoms with van der Waals surface area (Å²) in [5, 5.41) is 3.82. The molecule has 34 heavy (non-hydrogen) atoms. The van der Waals surface area contributed by atoms with E-state index in [9.17, 15) is 13.2 Å². The van der Waals surface area contributed by atoms with Gasteiger partial charge in [0.15, 0.2) is 11.5 Å². The summed E-state index contributed by atoms with van der Waals surface area (Å²) >= 11 is 0. The fraction of sp³-hybridized carbons (Fsp3) is 0.200. The third kappa shape index (κ3) is 6.58. The zero-order valence-corrected chi connectivity index (χ0v) is 20.0. The predicted molar refractivity (Wildman–Crippen MR) is 129 cm³/mol. The number of methoxy groups -OCH3 is 1. The van der Waals surface area contributed by atoms with Crippen molar-refractivity contribution < 1.29 is 27.4 Å². The number of nitrogens with one attached hydrogen (secondary N) is 1. The van der Waals surface area contributed by atoms with Gasteiger partial charge in [-0.05, 0) is 73.5 Å². The maximum absolute atomic E-state index is 12.5. The molecule has 0 aliphatic carbocycles. The van der Waals surface area contributed by atoms with E-state index in [4.69, 9.17) is 14.2 Å². The first kappa shape index (κ1) is 24.8. The molecule has 0 aliphatic heterocycles. The number of hydrogen-bond acceptors (Lipinski definition) is 7. The molecule has 0 heterocycles. The Bertz CT molecular complexity index is 1250. The number of benzene rings is 3. The van der Waals surface area contributed by atoms with Gasteiger partial charge in [-0.2, -0.15) is 13.5 Å². The molecule has 9 heteroatoms. The van der Waals surface area contributed by atoms with Gasteiger partial charge in [-0.3, -0.25) is 0 Å². The number of hydrogen-bond donors (Lipinski definition) is 1. The van der Waals surface area contributed by atoms with Gasteiger partial charge >= 0.3 is 5.97 Å². The topological polar surface area (TPSA) is 103 Å². The van der Waals surface area contributed by atoms with Crippen LogP contribution in [0.3, 0.4) is 0 Å². The zero-order chi connectivity index (χ0) is 24.6. The Kier molecular flexibility index (Phi) is 8.26. The maximum Gasteiger partial charge on any atom is 0.343 e. The van der Waals surface area contributed by atoms with Gasteiger partial charge in [-0.15, -0.1) is 0 Å².